The molecule has 2 heterocycles. The number of aromatic nitrogens is 4. The number of hydrogen-bond acceptors (Lipinski definition) is 6. The number of ether oxygens (including phenoxy) is 1. The molecule has 0 saturated heterocycles. The van der Waals surface area contributed by atoms with Gasteiger partial charge in [0.25, 0.3) is 0 Å². The number of thioether (sulfide) groups is 1. The Bertz CT molecular complexity index is 945. The summed E-state index contributed by atoms with van der Waals surface area (Å²) in [5, 5.41) is 14.3. The van der Waals surface area contributed by atoms with Crippen LogP contribution >= 0.6 is 11.8 Å². The van der Waals surface area contributed by atoms with Crippen LogP contribution in [0.1, 0.15) is 5.56 Å². The zero-order valence-electron chi connectivity index (χ0n) is 14.2. The van der Waals surface area contributed by atoms with Gasteiger partial charge in [-0.2, -0.15) is 10.4 Å². The van der Waals surface area contributed by atoms with Crippen molar-refractivity contribution >= 4 is 11.8 Å². The van der Waals surface area contributed by atoms with Gasteiger partial charge in [0.1, 0.15) is 18.0 Å². The van der Waals surface area contributed by atoms with Gasteiger partial charge in [0.05, 0.1) is 18.9 Å². The number of hydrogen-bond donors (Lipinski definition) is 0. The van der Waals surface area contributed by atoms with Crippen LogP contribution in [0, 0.1) is 18.3 Å². The van der Waals surface area contributed by atoms with Gasteiger partial charge >= 0.3 is 0 Å². The van der Waals surface area contributed by atoms with E-state index >= 15 is 0 Å². The zero-order valence-corrected chi connectivity index (χ0v) is 15.0. The van der Waals surface area contributed by atoms with Crippen LogP contribution in [0.3, 0.4) is 0 Å². The fraction of sp³-hybridized carbons (Fsp3) is 0.222. The first-order valence-electron chi connectivity index (χ1n) is 7.62. The molecular formula is C18H17N5OS. The minimum atomic E-state index is 0.177. The highest BCUT2D eigenvalue weighted by molar-refractivity contribution is 7.98. The molecule has 1 aromatic carbocycles. The van der Waals surface area contributed by atoms with E-state index in [0.29, 0.717) is 5.16 Å². The van der Waals surface area contributed by atoms with E-state index in [1.807, 2.05) is 43.6 Å². The van der Waals surface area contributed by atoms with Gasteiger partial charge in [-0.25, -0.2) is 9.97 Å². The predicted octanol–water partition coefficient (Wildman–Crippen LogP) is 3.57. The van der Waals surface area contributed by atoms with Gasteiger partial charge in [0.2, 0.25) is 0 Å². The van der Waals surface area contributed by atoms with Crippen LogP contribution in [0.5, 0.6) is 5.75 Å². The van der Waals surface area contributed by atoms with Crippen molar-refractivity contribution in [2.75, 3.05) is 13.4 Å². The zero-order chi connectivity index (χ0) is 17.8. The maximum Gasteiger partial charge on any atom is 0.187 e. The Morgan fingerprint density at radius 1 is 1.32 bits per heavy atom. The SMILES string of the molecule is COc1cc(C)cc(-c2nn(CC#N)cc2-c2ccnc(SC)n2)c1. The second-order valence-electron chi connectivity index (χ2n) is 5.41. The maximum absolute atomic E-state index is 9.01. The number of aryl methyl sites for hydroxylation is 1. The Balaban J connectivity index is 2.18. The van der Waals surface area contributed by atoms with Gasteiger partial charge in [-0.05, 0) is 43.0 Å². The number of nitrogens with zero attached hydrogens (tertiary/aromatic N) is 5. The fourth-order valence-corrected chi connectivity index (χ4v) is 2.92. The number of rotatable bonds is 5. The van der Waals surface area contributed by atoms with E-state index in [1.165, 1.54) is 11.8 Å². The maximum atomic E-state index is 9.01. The third-order valence-electron chi connectivity index (χ3n) is 3.65. The van der Waals surface area contributed by atoms with Gasteiger partial charge in [0.15, 0.2) is 5.16 Å². The van der Waals surface area contributed by atoms with Crippen molar-refractivity contribution in [1.29, 1.82) is 5.26 Å². The molecule has 0 radical (unpaired) electrons. The van der Waals surface area contributed by atoms with Crippen LogP contribution in [0.15, 0.2) is 41.8 Å². The lowest BCUT2D eigenvalue weighted by Gasteiger charge is -2.07. The molecule has 2 aromatic heterocycles. The molecule has 0 unspecified atom stereocenters. The monoisotopic (exact) mass is 351 g/mol. The second-order valence-corrected chi connectivity index (χ2v) is 6.19. The Morgan fingerprint density at radius 3 is 2.88 bits per heavy atom. The summed E-state index contributed by atoms with van der Waals surface area (Å²) in [6.45, 7) is 2.19. The summed E-state index contributed by atoms with van der Waals surface area (Å²) < 4.78 is 7.00. The Kier molecular flexibility index (Phi) is 5.00. The third kappa shape index (κ3) is 3.64. The number of benzene rings is 1. The van der Waals surface area contributed by atoms with Gasteiger partial charge in [-0.1, -0.05) is 11.8 Å². The topological polar surface area (TPSA) is 76.6 Å². The Morgan fingerprint density at radius 2 is 2.16 bits per heavy atom. The van der Waals surface area contributed by atoms with Crippen molar-refractivity contribution in [2.24, 2.45) is 0 Å². The normalized spacial score (nSPS) is 10.5. The molecule has 126 valence electrons. The highest BCUT2D eigenvalue weighted by Gasteiger charge is 2.16. The van der Waals surface area contributed by atoms with Crippen LogP contribution in [0.4, 0.5) is 0 Å². The summed E-state index contributed by atoms with van der Waals surface area (Å²) in [4.78, 5) is 8.79. The van der Waals surface area contributed by atoms with Crippen LogP contribution in [-0.2, 0) is 6.54 Å². The first-order chi connectivity index (χ1) is 12.1. The molecular weight excluding hydrogens is 334 g/mol. The molecule has 6 nitrogen and oxygen atoms in total. The molecule has 0 aliphatic rings. The molecule has 7 heteroatoms. The van der Waals surface area contributed by atoms with Crippen LogP contribution in [-0.4, -0.2) is 33.1 Å². The minimum Gasteiger partial charge on any atom is -0.497 e. The second kappa shape index (κ2) is 7.36. The lowest BCUT2D eigenvalue weighted by Crippen LogP contribution is -1.95. The summed E-state index contributed by atoms with van der Waals surface area (Å²) in [5.41, 5.74) is 4.40. The fourth-order valence-electron chi connectivity index (χ4n) is 2.57. The molecule has 0 amide bonds. The largest absolute Gasteiger partial charge is 0.497 e. The van der Waals surface area contributed by atoms with Crippen molar-refractivity contribution < 1.29 is 4.74 Å². The predicted molar refractivity (Wildman–Crippen MR) is 97.4 cm³/mol. The highest BCUT2D eigenvalue weighted by Crippen LogP contribution is 2.33. The molecule has 0 saturated carbocycles. The van der Waals surface area contributed by atoms with Crippen molar-refractivity contribution in [3.63, 3.8) is 0 Å². The van der Waals surface area contributed by atoms with E-state index in [4.69, 9.17) is 10.00 Å². The lowest BCUT2D eigenvalue weighted by molar-refractivity contribution is 0.414. The van der Waals surface area contributed by atoms with Crippen LogP contribution in [0.2, 0.25) is 0 Å². The van der Waals surface area contributed by atoms with E-state index in [9.17, 15) is 0 Å². The Hall–Kier alpha value is -2.85. The average molecular weight is 351 g/mol. The molecule has 0 fully saturated rings. The van der Waals surface area contributed by atoms with Crippen LogP contribution in [0.25, 0.3) is 22.5 Å². The number of nitriles is 1. The molecule has 0 spiro atoms. The molecule has 0 aliphatic heterocycles. The summed E-state index contributed by atoms with van der Waals surface area (Å²) >= 11 is 1.48. The average Bonchev–Trinajstić information content (AvgIpc) is 3.05. The van der Waals surface area contributed by atoms with E-state index in [1.54, 1.807) is 18.0 Å². The summed E-state index contributed by atoms with van der Waals surface area (Å²) in [5.74, 6) is 0.767. The van der Waals surface area contributed by atoms with E-state index < -0.39 is 0 Å². The molecule has 3 rings (SSSR count). The number of methoxy groups -OCH3 is 1. The van der Waals surface area contributed by atoms with Gasteiger partial charge in [-0.3, -0.25) is 4.68 Å². The van der Waals surface area contributed by atoms with Gasteiger partial charge in [-0.15, -0.1) is 0 Å². The Labute approximate surface area is 150 Å². The smallest absolute Gasteiger partial charge is 0.187 e. The molecule has 25 heavy (non-hydrogen) atoms. The molecule has 0 atom stereocenters. The molecule has 0 N–H and O–H groups in total. The first kappa shape index (κ1) is 17.0. The van der Waals surface area contributed by atoms with Crippen molar-refractivity contribution in [3.8, 4) is 34.3 Å². The van der Waals surface area contributed by atoms with Crippen molar-refractivity contribution in [3.05, 3.63) is 42.2 Å². The van der Waals surface area contributed by atoms with Gasteiger partial charge < -0.3 is 4.74 Å². The lowest BCUT2D eigenvalue weighted by atomic mass is 10.0. The minimum absolute atomic E-state index is 0.177. The highest BCUT2D eigenvalue weighted by atomic mass is 32.2. The molecule has 0 bridgehead atoms. The van der Waals surface area contributed by atoms with Gasteiger partial charge in [0, 0.05) is 23.5 Å². The quantitative estimate of drug-likeness (QED) is 0.517. The third-order valence-corrected chi connectivity index (χ3v) is 4.21. The van der Waals surface area contributed by atoms with Crippen molar-refractivity contribution in [1.82, 2.24) is 19.7 Å². The molecule has 0 aliphatic carbocycles. The molecule has 3 aromatic rings. The standard InChI is InChI=1S/C18H17N5OS/c1-12-8-13(10-14(9-12)24-2)17-15(11-23(22-17)7-5-19)16-4-6-20-18(21-16)25-3/h4,6,8-11H,7H2,1-3H3. The van der Waals surface area contributed by atoms with E-state index in [2.05, 4.69) is 21.1 Å². The summed E-state index contributed by atoms with van der Waals surface area (Å²) in [7, 11) is 1.64. The summed E-state index contributed by atoms with van der Waals surface area (Å²) in [6.07, 6.45) is 5.51. The van der Waals surface area contributed by atoms with E-state index in [-0.39, 0.29) is 6.54 Å². The van der Waals surface area contributed by atoms with Crippen LogP contribution < -0.4 is 4.74 Å². The van der Waals surface area contributed by atoms with E-state index in [0.717, 1.165) is 33.8 Å². The van der Waals surface area contributed by atoms with Crippen molar-refractivity contribution in [2.45, 2.75) is 18.6 Å². The first-order valence-corrected chi connectivity index (χ1v) is 8.85. The summed E-state index contributed by atoms with van der Waals surface area (Å²) in [6, 6.07) is 9.92.